The molecular weight excluding hydrogens is 446 g/mol. The molecule has 0 unspecified atom stereocenters. The molecular formula is C27H30BFN2O4. The first-order chi connectivity index (χ1) is 16.8. The van der Waals surface area contributed by atoms with Crippen LogP contribution in [-0.4, -0.2) is 55.1 Å². The molecule has 0 atom stereocenters. The van der Waals surface area contributed by atoms with E-state index >= 15 is 0 Å². The highest BCUT2D eigenvalue weighted by molar-refractivity contribution is 6.58. The third kappa shape index (κ3) is 5.62. The van der Waals surface area contributed by atoms with E-state index in [1.54, 1.807) is 24.3 Å². The lowest BCUT2D eigenvalue weighted by Crippen LogP contribution is -2.41. The van der Waals surface area contributed by atoms with Crippen LogP contribution in [0.25, 0.3) is 11.1 Å². The summed E-state index contributed by atoms with van der Waals surface area (Å²) in [6, 6.07) is 16.9. The van der Waals surface area contributed by atoms with Crippen molar-refractivity contribution in [3.8, 4) is 16.9 Å². The van der Waals surface area contributed by atoms with E-state index in [1.807, 2.05) is 0 Å². The molecule has 4 N–H and O–H groups in total. The van der Waals surface area contributed by atoms with Gasteiger partial charge in [0.1, 0.15) is 17.9 Å². The summed E-state index contributed by atoms with van der Waals surface area (Å²) in [5.74, 6) is 0.513. The number of nitrogens with zero attached hydrogens (tertiary/aromatic N) is 1. The van der Waals surface area contributed by atoms with Gasteiger partial charge < -0.3 is 25.4 Å². The molecule has 0 amide bonds. The lowest BCUT2D eigenvalue weighted by Gasteiger charge is -2.36. The van der Waals surface area contributed by atoms with Gasteiger partial charge in [0, 0.05) is 23.1 Å². The molecule has 3 aromatic carbocycles. The minimum absolute atomic E-state index is 0.0708. The molecule has 35 heavy (non-hydrogen) atoms. The van der Waals surface area contributed by atoms with Crippen LogP contribution in [0.5, 0.6) is 5.75 Å². The van der Waals surface area contributed by atoms with Gasteiger partial charge in [-0.15, -0.1) is 0 Å². The maximum atomic E-state index is 13.4. The lowest BCUT2D eigenvalue weighted by atomic mass is 9.74. The second-order valence-electron chi connectivity index (χ2n) is 9.30. The van der Waals surface area contributed by atoms with Crippen LogP contribution in [0.15, 0.2) is 60.7 Å². The summed E-state index contributed by atoms with van der Waals surface area (Å²) in [5, 5.41) is 18.1. The van der Waals surface area contributed by atoms with Gasteiger partial charge in [0.25, 0.3) is 0 Å². The van der Waals surface area contributed by atoms with Crippen molar-refractivity contribution in [1.82, 2.24) is 4.90 Å². The smallest absolute Gasteiger partial charge is 0.488 e. The Balaban J connectivity index is 0.000000165. The number of aldehydes is 1. The molecule has 0 aliphatic carbocycles. The number of ether oxygens (including phenoxy) is 1. The summed E-state index contributed by atoms with van der Waals surface area (Å²) in [6.07, 6.45) is 3.10. The van der Waals surface area contributed by atoms with Crippen molar-refractivity contribution < 1.29 is 24.0 Å². The molecule has 6 nitrogen and oxygen atoms in total. The van der Waals surface area contributed by atoms with Crippen molar-refractivity contribution in [3.05, 3.63) is 83.2 Å². The van der Waals surface area contributed by atoms with Crippen LogP contribution in [0, 0.1) is 5.82 Å². The summed E-state index contributed by atoms with van der Waals surface area (Å²) >= 11 is 0. The standard InChI is InChI=1S/C14H20N2O.C13H10BFO3/c1-16-6-4-14(5-7-16)10-17-13-3-2-11(9-15)8-12(13)14;15-13-6-11(5-12(7-13)14(17)18)10-3-1-2-9(4-10)8-16/h2-3,8H,4-7,9-10,15H2,1H3;1-8,17-18H. The molecule has 3 aromatic rings. The van der Waals surface area contributed by atoms with Gasteiger partial charge in [0.15, 0.2) is 0 Å². The molecule has 0 saturated carbocycles. The molecule has 2 heterocycles. The summed E-state index contributed by atoms with van der Waals surface area (Å²) in [6.45, 7) is 3.79. The normalized spacial score (nSPS) is 16.1. The largest absolute Gasteiger partial charge is 0.492 e. The van der Waals surface area contributed by atoms with E-state index in [9.17, 15) is 9.18 Å². The summed E-state index contributed by atoms with van der Waals surface area (Å²) < 4.78 is 19.2. The zero-order valence-electron chi connectivity index (χ0n) is 19.8. The number of nitrogens with two attached hydrogens (primary N) is 1. The Bertz CT molecular complexity index is 1200. The second kappa shape index (κ2) is 10.7. The van der Waals surface area contributed by atoms with Crippen molar-refractivity contribution >= 4 is 18.9 Å². The number of hydrogen-bond acceptors (Lipinski definition) is 6. The van der Waals surface area contributed by atoms with Crippen molar-refractivity contribution in [2.75, 3.05) is 26.7 Å². The number of likely N-dealkylation sites (tertiary alicyclic amines) is 1. The topological polar surface area (TPSA) is 96.0 Å². The van der Waals surface area contributed by atoms with Gasteiger partial charge in [-0.3, -0.25) is 4.79 Å². The van der Waals surface area contributed by atoms with Gasteiger partial charge >= 0.3 is 7.12 Å². The van der Waals surface area contributed by atoms with Crippen LogP contribution in [0.1, 0.15) is 34.3 Å². The van der Waals surface area contributed by atoms with Gasteiger partial charge in [-0.05, 0) is 79.4 Å². The number of carbonyl (C=O) groups excluding carboxylic acids is 1. The van der Waals surface area contributed by atoms with Gasteiger partial charge in [-0.25, -0.2) is 4.39 Å². The van der Waals surface area contributed by atoms with Crippen molar-refractivity contribution in [2.45, 2.75) is 24.8 Å². The third-order valence-electron chi connectivity index (χ3n) is 6.87. The van der Waals surface area contributed by atoms with Crippen LogP contribution in [-0.2, 0) is 12.0 Å². The van der Waals surface area contributed by atoms with Crippen LogP contribution < -0.4 is 15.9 Å². The lowest BCUT2D eigenvalue weighted by molar-refractivity contribution is 0.112. The summed E-state index contributed by atoms with van der Waals surface area (Å²) in [5.41, 5.74) is 10.3. The Morgan fingerprint density at radius 1 is 1.09 bits per heavy atom. The molecule has 8 heteroatoms. The minimum Gasteiger partial charge on any atom is -0.492 e. The van der Waals surface area contributed by atoms with E-state index in [-0.39, 0.29) is 10.9 Å². The summed E-state index contributed by atoms with van der Waals surface area (Å²) in [7, 11) is 0.466. The highest BCUT2D eigenvalue weighted by atomic mass is 19.1. The Hall–Kier alpha value is -3.04. The zero-order chi connectivity index (χ0) is 25.0. The van der Waals surface area contributed by atoms with Crippen molar-refractivity contribution in [3.63, 3.8) is 0 Å². The highest BCUT2D eigenvalue weighted by Crippen LogP contribution is 2.45. The van der Waals surface area contributed by atoms with Crippen LogP contribution in [0.3, 0.4) is 0 Å². The Labute approximate surface area is 205 Å². The number of fused-ring (bicyclic) bond motifs is 2. The Morgan fingerprint density at radius 3 is 2.54 bits per heavy atom. The van der Waals surface area contributed by atoms with Crippen molar-refractivity contribution in [1.29, 1.82) is 0 Å². The van der Waals surface area contributed by atoms with Gasteiger partial charge in [0.05, 0.1) is 6.61 Å². The second-order valence-corrected chi connectivity index (χ2v) is 9.30. The molecule has 1 saturated heterocycles. The predicted molar refractivity (Wildman–Crippen MR) is 135 cm³/mol. The number of benzene rings is 3. The first-order valence-electron chi connectivity index (χ1n) is 11.7. The molecule has 0 bridgehead atoms. The number of carbonyl (C=O) groups is 1. The Kier molecular flexibility index (Phi) is 7.67. The predicted octanol–water partition coefficient (Wildman–Crippen LogP) is 2.49. The average Bonchev–Trinajstić information content (AvgIpc) is 3.23. The summed E-state index contributed by atoms with van der Waals surface area (Å²) in [4.78, 5) is 13.1. The zero-order valence-corrected chi connectivity index (χ0v) is 19.8. The third-order valence-corrected chi connectivity index (χ3v) is 6.87. The van der Waals surface area contributed by atoms with E-state index < -0.39 is 12.9 Å². The highest BCUT2D eigenvalue weighted by Gasteiger charge is 2.42. The van der Waals surface area contributed by atoms with E-state index in [2.05, 4.69) is 30.1 Å². The van der Waals surface area contributed by atoms with Crippen LogP contribution in [0.2, 0.25) is 0 Å². The fourth-order valence-electron chi connectivity index (χ4n) is 4.72. The molecule has 0 aromatic heterocycles. The SMILES string of the molecule is CN1CCC2(CC1)COc1ccc(CN)cc12.O=Cc1cccc(-c2cc(F)cc(B(O)O)c2)c1. The molecule has 2 aliphatic rings. The van der Waals surface area contributed by atoms with Gasteiger partial charge in [0.2, 0.25) is 0 Å². The number of rotatable bonds is 4. The maximum Gasteiger partial charge on any atom is 0.488 e. The number of hydrogen-bond donors (Lipinski definition) is 3. The minimum atomic E-state index is -1.73. The van der Waals surface area contributed by atoms with Crippen LogP contribution >= 0.6 is 0 Å². The molecule has 1 fully saturated rings. The average molecular weight is 476 g/mol. The van der Waals surface area contributed by atoms with E-state index in [0.29, 0.717) is 29.5 Å². The fraction of sp³-hybridized carbons (Fsp3) is 0.296. The maximum absolute atomic E-state index is 13.4. The number of halogens is 1. The van der Waals surface area contributed by atoms with Crippen molar-refractivity contribution in [2.24, 2.45) is 5.73 Å². The first-order valence-corrected chi connectivity index (χ1v) is 11.7. The quantitative estimate of drug-likeness (QED) is 0.396. The van der Waals surface area contributed by atoms with Crippen LogP contribution in [0.4, 0.5) is 4.39 Å². The fourth-order valence-corrected chi connectivity index (χ4v) is 4.72. The number of piperidine rings is 1. The molecule has 1 spiro atoms. The molecule has 0 radical (unpaired) electrons. The van der Waals surface area contributed by atoms with E-state index in [4.69, 9.17) is 20.5 Å². The molecule has 5 rings (SSSR count). The molecule has 2 aliphatic heterocycles. The van der Waals surface area contributed by atoms with Gasteiger partial charge in [-0.1, -0.05) is 36.4 Å². The Morgan fingerprint density at radius 2 is 1.86 bits per heavy atom. The van der Waals surface area contributed by atoms with Gasteiger partial charge in [-0.2, -0.15) is 0 Å². The first kappa shape index (κ1) is 25.1. The van der Waals surface area contributed by atoms with E-state index in [1.165, 1.54) is 36.1 Å². The molecule has 182 valence electrons. The van der Waals surface area contributed by atoms with E-state index in [0.717, 1.165) is 31.5 Å². The monoisotopic (exact) mass is 476 g/mol.